The maximum absolute atomic E-state index is 15.1. The van der Waals surface area contributed by atoms with Crippen molar-refractivity contribution < 1.29 is 62.6 Å². The van der Waals surface area contributed by atoms with E-state index in [0.29, 0.717) is 23.1 Å². The molecule has 5 rings (SSSR count). The minimum Gasteiger partial charge on any atom is -0.508 e. The van der Waals surface area contributed by atoms with Gasteiger partial charge in [-0.2, -0.15) is 0 Å². The minimum atomic E-state index is -1.85. The van der Waals surface area contributed by atoms with Gasteiger partial charge in [-0.3, -0.25) is 57.5 Å². The number of benzene rings is 3. The maximum atomic E-state index is 15.1. The van der Waals surface area contributed by atoms with Crippen LogP contribution < -0.4 is 65.1 Å². The first kappa shape index (κ1) is 69.8. The highest BCUT2D eigenvalue weighted by Crippen LogP contribution is 2.22. The number of phenolic OH excluding ortho intramolecular Hbond substituents is 1. The Morgan fingerprint density at radius 1 is 0.477 bits per heavy atom. The normalized spacial score (nSPS) is 24.6. The Labute approximate surface area is 512 Å². The third-order valence-electron chi connectivity index (χ3n) is 15.0. The van der Waals surface area contributed by atoms with Gasteiger partial charge in [0, 0.05) is 25.8 Å². The number of carbonyl (C=O) groups excluding carboxylic acids is 12. The molecule has 26 nitrogen and oxygen atoms in total. The zero-order chi connectivity index (χ0) is 64.8. The van der Waals surface area contributed by atoms with Crippen molar-refractivity contribution in [1.82, 2.24) is 52.8 Å². The summed E-state index contributed by atoms with van der Waals surface area (Å²) in [6.07, 6.45) is -1.53. The molecule has 16 N–H and O–H groups in total. The smallest absolute Gasteiger partial charge is 0.246 e. The lowest BCUT2D eigenvalue weighted by Crippen LogP contribution is -2.62. The second kappa shape index (κ2) is 33.8. The molecule has 0 bridgehead atoms. The summed E-state index contributed by atoms with van der Waals surface area (Å²) in [5, 5.41) is 34.0. The van der Waals surface area contributed by atoms with Gasteiger partial charge in [0.15, 0.2) is 0 Å². The zero-order valence-corrected chi connectivity index (χ0v) is 50.8. The van der Waals surface area contributed by atoms with Crippen LogP contribution in [0, 0.1) is 17.8 Å². The molecule has 478 valence electrons. The van der Waals surface area contributed by atoms with Crippen molar-refractivity contribution in [3.05, 3.63) is 102 Å². The second-order valence-electron chi connectivity index (χ2n) is 23.7. The number of amides is 12. The molecule has 88 heavy (non-hydrogen) atoms. The van der Waals surface area contributed by atoms with Crippen LogP contribution in [-0.2, 0) is 76.8 Å². The lowest BCUT2D eigenvalue weighted by Gasteiger charge is -2.32. The average Bonchev–Trinajstić information content (AvgIpc) is 2.77. The summed E-state index contributed by atoms with van der Waals surface area (Å²) in [7, 11) is 0. The summed E-state index contributed by atoms with van der Waals surface area (Å²) in [6.45, 7) is 10.5. The first-order chi connectivity index (χ1) is 41.7. The molecule has 0 aliphatic carbocycles. The van der Waals surface area contributed by atoms with Crippen molar-refractivity contribution in [2.45, 2.75) is 173 Å². The van der Waals surface area contributed by atoms with E-state index < -0.39 is 150 Å². The van der Waals surface area contributed by atoms with Crippen molar-refractivity contribution in [1.29, 1.82) is 0 Å². The Bertz CT molecular complexity index is 2930. The Balaban J connectivity index is 1.64. The number of nitrogens with one attached hydrogen (secondary N) is 9. The topological polar surface area (TPSA) is 415 Å². The van der Waals surface area contributed by atoms with Crippen LogP contribution in [-0.4, -0.2) is 154 Å². The van der Waals surface area contributed by atoms with Crippen LogP contribution in [0.4, 0.5) is 0 Å². The highest BCUT2D eigenvalue weighted by atomic mass is 16.3. The van der Waals surface area contributed by atoms with Crippen LogP contribution in [0.15, 0.2) is 84.9 Å². The number of rotatable bonds is 18. The summed E-state index contributed by atoms with van der Waals surface area (Å²) >= 11 is 0. The number of nitrogens with zero attached hydrogens (tertiary/aromatic N) is 1. The Morgan fingerprint density at radius 3 is 1.31 bits per heavy atom. The molecule has 2 fully saturated rings. The lowest BCUT2D eigenvalue weighted by molar-refractivity contribution is -0.142. The first-order valence-electron chi connectivity index (χ1n) is 29.9. The predicted molar refractivity (Wildman–Crippen MR) is 324 cm³/mol. The molecule has 26 heteroatoms. The number of carbonyl (C=O) groups is 12. The van der Waals surface area contributed by atoms with E-state index in [-0.39, 0.29) is 82.0 Å². The van der Waals surface area contributed by atoms with Gasteiger partial charge < -0.3 is 75.1 Å². The van der Waals surface area contributed by atoms with Crippen LogP contribution in [0.1, 0.15) is 110 Å². The standard InChI is InChI=1S/C62H87N13O13/c1-34(2)27-42-54(80)73-48(31-39-21-23-40(76)24-22-39)62(88)75-26-14-20-49(75)60(86)72-45(30-38-17-11-8-12-18-38)56(82)69-44(29-37-15-9-7-10-16-37)55(81)70-47(33-51(65)78)58(84)71-46(32-50(64)77)57(83)68-43(28-35(3)4)59(85)74-52(36(5)6)61(87)66-41(19-13-25-63)53(79)67-42/h7-12,15-18,21-24,34-36,41-49,52,76H,13-14,19-20,25-33,63H2,1-6H3,(H2,64,77)(H2,65,78)(H,66,87)(H,67,79)(H,68,83)(H,69,82)(H,70,81)(H,71,84)(H,72,86)(H,73,80)(H,74,85)/t41-,42-,43-,44+,45-,46-,47-,48+,49-,52-/m0/s1. The summed E-state index contributed by atoms with van der Waals surface area (Å²) in [6, 6.07) is 8.30. The highest BCUT2D eigenvalue weighted by Gasteiger charge is 2.42. The van der Waals surface area contributed by atoms with Gasteiger partial charge in [-0.1, -0.05) is 114 Å². The van der Waals surface area contributed by atoms with Crippen molar-refractivity contribution in [2.75, 3.05) is 13.1 Å². The largest absolute Gasteiger partial charge is 0.508 e. The van der Waals surface area contributed by atoms with Crippen molar-refractivity contribution in [3.63, 3.8) is 0 Å². The molecule has 10 atom stereocenters. The number of nitrogens with two attached hydrogens (primary N) is 3. The molecular weight excluding hydrogens is 1130 g/mol. The molecule has 3 aromatic carbocycles. The SMILES string of the molecule is CC(C)C[C@@H]1NC(=O)[C@H](CC(N)=O)NC(=O)[C@H](CC(N)=O)NC(=O)[C@@H](Cc2ccccc2)NC(=O)[C@H](Cc2ccccc2)NC(=O)[C@@H]2CCCN2C(=O)[C@@H](Cc2ccc(O)cc2)NC(=O)[C@H](CC(C)C)NC(=O)[C@H](CCCN)NC(=O)[C@H](C(C)C)NC1=O. The molecule has 0 unspecified atom stereocenters. The van der Waals surface area contributed by atoms with Crippen LogP contribution in [0.3, 0.4) is 0 Å². The number of phenols is 1. The van der Waals surface area contributed by atoms with Crippen LogP contribution in [0.25, 0.3) is 0 Å². The second-order valence-corrected chi connectivity index (χ2v) is 23.7. The van der Waals surface area contributed by atoms with Gasteiger partial charge in [0.1, 0.15) is 66.2 Å². The Hall–Kier alpha value is -8.94. The molecule has 2 aliphatic rings. The van der Waals surface area contributed by atoms with Gasteiger partial charge in [0.25, 0.3) is 0 Å². The van der Waals surface area contributed by atoms with Gasteiger partial charge in [0.2, 0.25) is 70.9 Å². The zero-order valence-electron chi connectivity index (χ0n) is 50.8. The molecule has 12 amide bonds. The fourth-order valence-electron chi connectivity index (χ4n) is 10.5. The lowest BCUT2D eigenvalue weighted by atomic mass is 9.98. The Morgan fingerprint density at radius 2 is 0.852 bits per heavy atom. The van der Waals surface area contributed by atoms with Crippen molar-refractivity contribution in [3.8, 4) is 5.75 Å². The molecule has 0 spiro atoms. The van der Waals surface area contributed by atoms with E-state index in [2.05, 4.69) is 47.9 Å². The van der Waals surface area contributed by atoms with Gasteiger partial charge in [-0.15, -0.1) is 0 Å². The number of fused-ring (bicyclic) bond motifs is 1. The Kier molecular flexibility index (Phi) is 26.8. The maximum Gasteiger partial charge on any atom is 0.246 e. The summed E-state index contributed by atoms with van der Waals surface area (Å²) in [5.41, 5.74) is 18.7. The van der Waals surface area contributed by atoms with Crippen molar-refractivity contribution >= 4 is 70.9 Å². The van der Waals surface area contributed by atoms with E-state index in [1.807, 2.05) is 13.8 Å². The van der Waals surface area contributed by atoms with Gasteiger partial charge in [-0.25, -0.2) is 0 Å². The van der Waals surface area contributed by atoms with Crippen LogP contribution in [0.5, 0.6) is 5.75 Å². The van der Waals surface area contributed by atoms with E-state index in [4.69, 9.17) is 17.2 Å². The summed E-state index contributed by atoms with van der Waals surface area (Å²) < 4.78 is 0. The predicted octanol–water partition coefficient (Wildman–Crippen LogP) is -0.974. The number of hydrogen-bond acceptors (Lipinski definition) is 14. The number of aromatic hydroxyl groups is 1. The fourth-order valence-corrected chi connectivity index (χ4v) is 10.5. The highest BCUT2D eigenvalue weighted by molar-refractivity contribution is 6.01. The molecule has 0 aromatic heterocycles. The molecule has 0 radical (unpaired) electrons. The summed E-state index contributed by atoms with van der Waals surface area (Å²) in [4.78, 5) is 172. The monoisotopic (exact) mass is 1220 g/mol. The van der Waals surface area contributed by atoms with E-state index in [0.717, 1.165) is 0 Å². The molecule has 2 heterocycles. The fraction of sp³-hybridized carbons (Fsp3) is 0.516. The minimum absolute atomic E-state index is 0.0195. The van der Waals surface area contributed by atoms with Gasteiger partial charge >= 0.3 is 0 Å². The third kappa shape index (κ3) is 21.8. The van der Waals surface area contributed by atoms with Crippen LogP contribution in [0.2, 0.25) is 0 Å². The molecule has 2 saturated heterocycles. The van der Waals surface area contributed by atoms with E-state index in [1.165, 1.54) is 17.0 Å². The summed E-state index contributed by atoms with van der Waals surface area (Å²) in [5.74, 6) is -12.3. The number of primary amides is 2. The van der Waals surface area contributed by atoms with E-state index >= 15 is 4.79 Å². The quantitative estimate of drug-likeness (QED) is 0.0729. The van der Waals surface area contributed by atoms with Crippen LogP contribution >= 0.6 is 0 Å². The molecule has 2 aliphatic heterocycles. The van der Waals surface area contributed by atoms with E-state index in [9.17, 15) is 57.8 Å². The van der Waals surface area contributed by atoms with E-state index in [1.54, 1.807) is 100 Å². The third-order valence-corrected chi connectivity index (χ3v) is 15.0. The first-order valence-corrected chi connectivity index (χ1v) is 29.9. The molecule has 0 saturated carbocycles. The average molecular weight is 1220 g/mol. The molecular formula is C62H87N13O13. The van der Waals surface area contributed by atoms with Gasteiger partial charge in [0.05, 0.1) is 12.8 Å². The number of hydrogen-bond donors (Lipinski definition) is 13. The van der Waals surface area contributed by atoms with Gasteiger partial charge in [-0.05, 0) is 91.6 Å². The molecule has 3 aromatic rings. The van der Waals surface area contributed by atoms with Crippen molar-refractivity contribution in [2.24, 2.45) is 35.0 Å².